The van der Waals surface area contributed by atoms with Crippen molar-refractivity contribution in [3.05, 3.63) is 0 Å². The Balaban J connectivity index is 5.58. The Labute approximate surface area is 217 Å². The molecule has 0 aliphatic heterocycles. The van der Waals surface area contributed by atoms with Gasteiger partial charge < -0.3 is 48.1 Å². The van der Waals surface area contributed by atoms with Crippen LogP contribution < -0.4 is 32.7 Å². The zero-order chi connectivity index (χ0) is 29.7. The van der Waals surface area contributed by atoms with Gasteiger partial charge in [-0.15, -0.1) is 0 Å². The molecule has 0 aromatic heterocycles. The second kappa shape index (κ2) is 15.7. The number of nitrogens with two attached hydrogens (primary N) is 2. The van der Waals surface area contributed by atoms with Crippen molar-refractivity contribution in [1.29, 1.82) is 0 Å². The normalized spacial score (nSPS) is 14.7. The SMILES string of the molecule is CC(C)C[C@H](NC(=O)[C@H](C)NC(=O)[C@@H](N)CC(=O)O)C(=O)N[C@@H](CC(N)=O)C(=O)N[C@@H](CC(=O)O)C(=O)O. The summed E-state index contributed by atoms with van der Waals surface area (Å²) >= 11 is 0. The minimum absolute atomic E-state index is 0.0262. The van der Waals surface area contributed by atoms with Crippen LogP contribution in [-0.4, -0.2) is 93.0 Å². The molecule has 0 aromatic carbocycles. The summed E-state index contributed by atoms with van der Waals surface area (Å²) in [5, 5.41) is 35.4. The summed E-state index contributed by atoms with van der Waals surface area (Å²) in [6, 6.07) is -7.54. The van der Waals surface area contributed by atoms with E-state index in [0.29, 0.717) is 0 Å². The van der Waals surface area contributed by atoms with Gasteiger partial charge in [-0.2, -0.15) is 0 Å². The molecule has 17 nitrogen and oxygen atoms in total. The maximum absolute atomic E-state index is 12.9. The molecular formula is C21H34N6O11. The summed E-state index contributed by atoms with van der Waals surface area (Å²) in [7, 11) is 0. The number of hydrogen-bond donors (Lipinski definition) is 9. The molecule has 0 spiro atoms. The Bertz CT molecular complexity index is 939. The number of primary amides is 1. The Morgan fingerprint density at radius 3 is 1.55 bits per heavy atom. The van der Waals surface area contributed by atoms with Crippen molar-refractivity contribution in [1.82, 2.24) is 21.3 Å². The average Bonchev–Trinajstić information content (AvgIpc) is 2.75. The highest BCUT2D eigenvalue weighted by molar-refractivity contribution is 5.97. The third-order valence-corrected chi connectivity index (χ3v) is 4.86. The molecule has 0 aliphatic carbocycles. The topological polar surface area (TPSA) is 297 Å². The van der Waals surface area contributed by atoms with E-state index < -0.39 is 96.9 Å². The van der Waals surface area contributed by atoms with Gasteiger partial charge in [-0.1, -0.05) is 13.8 Å². The van der Waals surface area contributed by atoms with Crippen LogP contribution in [0.15, 0.2) is 0 Å². The second-order valence-corrected chi connectivity index (χ2v) is 8.85. The van der Waals surface area contributed by atoms with Crippen molar-refractivity contribution in [2.75, 3.05) is 0 Å². The summed E-state index contributed by atoms with van der Waals surface area (Å²) in [6.07, 6.45) is -2.41. The Kier molecular flexibility index (Phi) is 14.0. The first-order valence-corrected chi connectivity index (χ1v) is 11.4. The van der Waals surface area contributed by atoms with Crippen LogP contribution in [0.4, 0.5) is 0 Å². The van der Waals surface area contributed by atoms with Gasteiger partial charge in [-0.3, -0.25) is 33.6 Å². The summed E-state index contributed by atoms with van der Waals surface area (Å²) in [6.45, 7) is 4.67. The molecule has 0 aliphatic rings. The van der Waals surface area contributed by atoms with E-state index in [1.807, 2.05) is 5.32 Å². The maximum Gasteiger partial charge on any atom is 0.326 e. The van der Waals surface area contributed by atoms with Crippen molar-refractivity contribution in [2.24, 2.45) is 17.4 Å². The molecular weight excluding hydrogens is 512 g/mol. The van der Waals surface area contributed by atoms with Crippen LogP contribution in [0.1, 0.15) is 46.5 Å². The molecule has 38 heavy (non-hydrogen) atoms. The van der Waals surface area contributed by atoms with Gasteiger partial charge in [0.05, 0.1) is 25.3 Å². The number of carbonyl (C=O) groups is 8. The van der Waals surface area contributed by atoms with Gasteiger partial charge in [0.1, 0.15) is 24.2 Å². The van der Waals surface area contributed by atoms with Gasteiger partial charge >= 0.3 is 17.9 Å². The van der Waals surface area contributed by atoms with E-state index in [2.05, 4.69) is 16.0 Å². The minimum atomic E-state index is -1.87. The zero-order valence-corrected chi connectivity index (χ0v) is 21.1. The van der Waals surface area contributed by atoms with Crippen LogP contribution in [0.3, 0.4) is 0 Å². The van der Waals surface area contributed by atoms with Crippen molar-refractivity contribution in [3.8, 4) is 0 Å². The number of carbonyl (C=O) groups excluding carboxylic acids is 5. The fraction of sp³-hybridized carbons (Fsp3) is 0.619. The quantitative estimate of drug-likeness (QED) is 0.0849. The van der Waals surface area contributed by atoms with E-state index in [1.165, 1.54) is 6.92 Å². The Hall–Kier alpha value is -4.28. The lowest BCUT2D eigenvalue weighted by atomic mass is 10.0. The van der Waals surface area contributed by atoms with E-state index in [-0.39, 0.29) is 12.3 Å². The molecule has 0 saturated heterocycles. The number of carboxylic acids is 3. The smallest absolute Gasteiger partial charge is 0.326 e. The lowest BCUT2D eigenvalue weighted by Crippen LogP contribution is -2.58. The van der Waals surface area contributed by atoms with Crippen molar-refractivity contribution in [3.63, 3.8) is 0 Å². The van der Waals surface area contributed by atoms with Gasteiger partial charge in [0, 0.05) is 0 Å². The molecule has 0 rings (SSSR count). The molecule has 0 radical (unpaired) electrons. The molecule has 0 heterocycles. The third-order valence-electron chi connectivity index (χ3n) is 4.86. The molecule has 11 N–H and O–H groups in total. The first kappa shape index (κ1) is 33.7. The molecule has 0 fully saturated rings. The standard InChI is InChI=1S/C21H34N6O11/c1-8(2)4-11(25-17(33)9(3)24-18(34)10(22)5-15(29)30)19(35)26-12(6-14(23)28)20(36)27-13(21(37)38)7-16(31)32/h8-13H,4-7,22H2,1-3H3,(H2,23,28)(H,24,34)(H,25,33)(H,26,35)(H,27,36)(H,29,30)(H,31,32)(H,37,38)/t9-,10-,11-,12-,13-/m0/s1. The summed E-state index contributed by atoms with van der Waals surface area (Å²) in [5.41, 5.74) is 10.6. The van der Waals surface area contributed by atoms with Gasteiger partial charge in [-0.25, -0.2) is 4.79 Å². The molecule has 0 aromatic rings. The highest BCUT2D eigenvalue weighted by Crippen LogP contribution is 2.07. The largest absolute Gasteiger partial charge is 0.481 e. The van der Waals surface area contributed by atoms with Crippen molar-refractivity contribution < 1.29 is 53.7 Å². The van der Waals surface area contributed by atoms with E-state index in [4.69, 9.17) is 26.8 Å². The second-order valence-electron chi connectivity index (χ2n) is 8.85. The molecule has 0 saturated carbocycles. The van der Waals surface area contributed by atoms with E-state index in [9.17, 15) is 38.4 Å². The average molecular weight is 547 g/mol. The van der Waals surface area contributed by atoms with Crippen LogP contribution >= 0.6 is 0 Å². The molecule has 0 unspecified atom stereocenters. The number of carboxylic acid groups (broad SMARTS) is 3. The van der Waals surface area contributed by atoms with Crippen molar-refractivity contribution in [2.45, 2.75) is 76.7 Å². The number of hydrogen-bond acceptors (Lipinski definition) is 9. The lowest BCUT2D eigenvalue weighted by Gasteiger charge is -2.26. The molecule has 5 atom stereocenters. The number of rotatable bonds is 17. The fourth-order valence-corrected chi connectivity index (χ4v) is 3.00. The summed E-state index contributed by atoms with van der Waals surface area (Å²) < 4.78 is 0. The van der Waals surface area contributed by atoms with Gasteiger partial charge in [0.25, 0.3) is 0 Å². The monoisotopic (exact) mass is 546 g/mol. The fourth-order valence-electron chi connectivity index (χ4n) is 3.00. The number of aliphatic carboxylic acids is 3. The lowest BCUT2D eigenvalue weighted by molar-refractivity contribution is -0.147. The molecule has 214 valence electrons. The predicted molar refractivity (Wildman–Crippen MR) is 127 cm³/mol. The zero-order valence-electron chi connectivity index (χ0n) is 21.1. The number of amides is 5. The van der Waals surface area contributed by atoms with E-state index >= 15 is 0 Å². The van der Waals surface area contributed by atoms with Crippen LogP contribution in [0.2, 0.25) is 0 Å². The highest BCUT2D eigenvalue weighted by atomic mass is 16.4. The van der Waals surface area contributed by atoms with Gasteiger partial charge in [0.2, 0.25) is 29.5 Å². The first-order chi connectivity index (χ1) is 17.4. The Morgan fingerprint density at radius 2 is 1.11 bits per heavy atom. The maximum atomic E-state index is 12.9. The highest BCUT2D eigenvalue weighted by Gasteiger charge is 2.32. The number of nitrogens with one attached hydrogen (secondary N) is 4. The minimum Gasteiger partial charge on any atom is -0.481 e. The summed E-state index contributed by atoms with van der Waals surface area (Å²) in [5.74, 6) is -9.70. The third kappa shape index (κ3) is 13.1. The first-order valence-electron chi connectivity index (χ1n) is 11.4. The van der Waals surface area contributed by atoms with Crippen LogP contribution in [0.5, 0.6) is 0 Å². The van der Waals surface area contributed by atoms with Crippen LogP contribution in [0.25, 0.3) is 0 Å². The Morgan fingerprint density at radius 1 is 0.632 bits per heavy atom. The molecule has 0 bridgehead atoms. The predicted octanol–water partition coefficient (Wildman–Crippen LogP) is -3.77. The van der Waals surface area contributed by atoms with Crippen molar-refractivity contribution >= 4 is 47.4 Å². The van der Waals surface area contributed by atoms with Gasteiger partial charge in [-0.05, 0) is 19.3 Å². The van der Waals surface area contributed by atoms with Crippen LogP contribution in [-0.2, 0) is 38.4 Å². The van der Waals surface area contributed by atoms with Gasteiger partial charge in [0.15, 0.2) is 0 Å². The summed E-state index contributed by atoms with van der Waals surface area (Å²) in [4.78, 5) is 94.4. The molecule has 5 amide bonds. The van der Waals surface area contributed by atoms with E-state index in [1.54, 1.807) is 13.8 Å². The molecule has 17 heteroatoms. The van der Waals surface area contributed by atoms with E-state index in [0.717, 1.165) is 0 Å². The van der Waals surface area contributed by atoms with Crippen LogP contribution in [0, 0.1) is 5.92 Å².